The second-order valence-corrected chi connectivity index (χ2v) is 5.27. The molecule has 0 saturated heterocycles. The Balaban J connectivity index is 2.30. The number of rotatable bonds is 4. The fraction of sp³-hybridized carbons (Fsp3) is 0.0833. The Morgan fingerprint density at radius 1 is 1.33 bits per heavy atom. The minimum atomic E-state index is -1.25. The van der Waals surface area contributed by atoms with Crippen LogP contribution in [0.2, 0.25) is 0 Å². The van der Waals surface area contributed by atoms with Crippen LogP contribution in [0.1, 0.15) is 15.9 Å². The minimum absolute atomic E-state index is 0.0853. The molecule has 0 radical (unpaired) electrons. The number of carboxylic acids is 1. The van der Waals surface area contributed by atoms with E-state index in [0.717, 1.165) is 17.0 Å². The average molecular weight is 286 g/mol. The van der Waals surface area contributed by atoms with E-state index in [1.54, 1.807) is 0 Å². The number of carbonyl (C=O) groups is 1. The van der Waals surface area contributed by atoms with Gasteiger partial charge in [0, 0.05) is 21.6 Å². The topological polar surface area (TPSA) is 37.3 Å². The quantitative estimate of drug-likeness (QED) is 0.863. The summed E-state index contributed by atoms with van der Waals surface area (Å²) in [4.78, 5) is 11.9. The number of hydrogen-bond donors (Lipinski definition) is 1. The van der Waals surface area contributed by atoms with Crippen LogP contribution in [0.3, 0.4) is 0 Å². The zero-order valence-corrected chi connectivity index (χ0v) is 10.7. The lowest BCUT2D eigenvalue weighted by Gasteiger charge is -2.07. The van der Waals surface area contributed by atoms with Crippen LogP contribution in [0.5, 0.6) is 0 Å². The van der Waals surface area contributed by atoms with Gasteiger partial charge in [0.2, 0.25) is 0 Å². The molecule has 0 fully saturated rings. The lowest BCUT2D eigenvalue weighted by atomic mass is 10.1. The summed E-state index contributed by atoms with van der Waals surface area (Å²) in [5.74, 6) is -3.28. The summed E-state index contributed by atoms with van der Waals surface area (Å²) in [7, 11) is 0. The molecule has 0 atom stereocenters. The van der Waals surface area contributed by atoms with Crippen LogP contribution in [0, 0.1) is 11.6 Å². The van der Waals surface area contributed by atoms with Gasteiger partial charge in [-0.15, -0.1) is 11.8 Å². The van der Waals surface area contributed by atoms with Gasteiger partial charge in [0.25, 0.3) is 0 Å². The van der Waals surface area contributed by atoms with E-state index in [2.05, 4.69) is 0 Å². The third-order valence-electron chi connectivity index (χ3n) is 2.30. The smallest absolute Gasteiger partial charge is 0.336 e. The highest BCUT2D eigenvalue weighted by Gasteiger charge is 2.18. The molecule has 6 heteroatoms. The molecule has 0 spiro atoms. The number of aromatic carboxylic acids is 1. The van der Waals surface area contributed by atoms with Crippen LogP contribution >= 0.6 is 23.1 Å². The molecule has 2 rings (SSSR count). The van der Waals surface area contributed by atoms with Crippen molar-refractivity contribution in [1.29, 1.82) is 0 Å². The summed E-state index contributed by atoms with van der Waals surface area (Å²) >= 11 is 2.76. The molecule has 1 aromatic heterocycles. The molecular formula is C12H8F2O2S2. The standard InChI is InChI=1S/C12H8F2O2S2/c13-10-2-1-8(12(15)16)9(11(10)14)6-18-7-3-4-17-5-7/h1-5H,6H2,(H,15,16). The van der Waals surface area contributed by atoms with Crippen molar-refractivity contribution >= 4 is 29.1 Å². The molecule has 0 bridgehead atoms. The molecule has 0 aliphatic carbocycles. The van der Waals surface area contributed by atoms with Crippen molar-refractivity contribution in [3.8, 4) is 0 Å². The van der Waals surface area contributed by atoms with Crippen molar-refractivity contribution in [3.05, 3.63) is 51.7 Å². The normalized spacial score (nSPS) is 10.6. The van der Waals surface area contributed by atoms with Gasteiger partial charge < -0.3 is 5.11 Å². The molecule has 1 heterocycles. The molecule has 1 aromatic carbocycles. The number of benzene rings is 1. The van der Waals surface area contributed by atoms with Crippen molar-refractivity contribution in [2.75, 3.05) is 0 Å². The summed E-state index contributed by atoms with van der Waals surface area (Å²) in [5, 5.41) is 12.7. The van der Waals surface area contributed by atoms with E-state index in [0.29, 0.717) is 0 Å². The number of thiophene rings is 1. The van der Waals surface area contributed by atoms with Crippen molar-refractivity contribution in [2.45, 2.75) is 10.6 Å². The maximum atomic E-state index is 13.6. The summed E-state index contributed by atoms with van der Waals surface area (Å²) in [6, 6.07) is 3.76. The van der Waals surface area contributed by atoms with Crippen molar-refractivity contribution < 1.29 is 18.7 Å². The average Bonchev–Trinajstić information content (AvgIpc) is 2.83. The monoisotopic (exact) mass is 286 g/mol. The van der Waals surface area contributed by atoms with Gasteiger partial charge in [0.15, 0.2) is 11.6 Å². The third kappa shape index (κ3) is 2.70. The Morgan fingerprint density at radius 2 is 2.11 bits per heavy atom. The zero-order valence-electron chi connectivity index (χ0n) is 9.02. The number of carboxylic acid groups (broad SMARTS) is 1. The first kappa shape index (κ1) is 13.0. The van der Waals surface area contributed by atoms with E-state index in [-0.39, 0.29) is 16.9 Å². The number of hydrogen-bond acceptors (Lipinski definition) is 3. The number of thioether (sulfide) groups is 1. The van der Waals surface area contributed by atoms with E-state index in [9.17, 15) is 13.6 Å². The van der Waals surface area contributed by atoms with E-state index in [1.165, 1.54) is 23.1 Å². The van der Waals surface area contributed by atoms with E-state index >= 15 is 0 Å². The van der Waals surface area contributed by atoms with Gasteiger partial charge in [-0.2, -0.15) is 11.3 Å². The van der Waals surface area contributed by atoms with Crippen molar-refractivity contribution in [3.63, 3.8) is 0 Å². The fourth-order valence-corrected chi connectivity index (χ4v) is 3.22. The molecule has 0 amide bonds. The lowest BCUT2D eigenvalue weighted by Crippen LogP contribution is -2.05. The van der Waals surface area contributed by atoms with Gasteiger partial charge in [0.1, 0.15) is 0 Å². The van der Waals surface area contributed by atoms with Gasteiger partial charge in [-0.1, -0.05) is 0 Å². The molecule has 94 valence electrons. The maximum absolute atomic E-state index is 13.6. The van der Waals surface area contributed by atoms with Crippen LogP contribution in [0.15, 0.2) is 33.9 Å². The highest BCUT2D eigenvalue weighted by atomic mass is 32.2. The first-order chi connectivity index (χ1) is 8.59. The van der Waals surface area contributed by atoms with Gasteiger partial charge in [-0.3, -0.25) is 0 Å². The van der Waals surface area contributed by atoms with Crippen LogP contribution in [0.4, 0.5) is 8.78 Å². The molecule has 1 N–H and O–H groups in total. The Hall–Kier alpha value is -1.40. The molecule has 2 nitrogen and oxygen atoms in total. The summed E-state index contributed by atoms with van der Waals surface area (Å²) < 4.78 is 26.7. The fourth-order valence-electron chi connectivity index (χ4n) is 1.42. The Morgan fingerprint density at radius 3 is 2.72 bits per heavy atom. The largest absolute Gasteiger partial charge is 0.478 e. The zero-order chi connectivity index (χ0) is 13.1. The second-order valence-electron chi connectivity index (χ2n) is 3.44. The molecular weight excluding hydrogens is 278 g/mol. The SMILES string of the molecule is O=C(O)c1ccc(F)c(F)c1CSc1ccsc1. The molecule has 2 aromatic rings. The Labute approximate surface area is 110 Å². The molecule has 18 heavy (non-hydrogen) atoms. The first-order valence-corrected chi connectivity index (χ1v) is 6.87. The van der Waals surface area contributed by atoms with E-state index in [4.69, 9.17) is 5.11 Å². The molecule has 0 aliphatic heterocycles. The van der Waals surface area contributed by atoms with Crippen LogP contribution < -0.4 is 0 Å². The van der Waals surface area contributed by atoms with Gasteiger partial charge >= 0.3 is 5.97 Å². The van der Waals surface area contributed by atoms with Gasteiger partial charge in [-0.05, 0) is 23.6 Å². The highest BCUT2D eigenvalue weighted by molar-refractivity contribution is 7.98. The lowest BCUT2D eigenvalue weighted by molar-refractivity contribution is 0.0695. The summed E-state index contributed by atoms with van der Waals surface area (Å²) in [6.45, 7) is 0. The first-order valence-electron chi connectivity index (χ1n) is 4.94. The molecule has 0 unspecified atom stereocenters. The van der Waals surface area contributed by atoms with Crippen LogP contribution in [-0.4, -0.2) is 11.1 Å². The molecule has 0 saturated carbocycles. The molecule has 0 aliphatic rings. The van der Waals surface area contributed by atoms with Gasteiger partial charge in [-0.25, -0.2) is 13.6 Å². The van der Waals surface area contributed by atoms with Crippen LogP contribution in [-0.2, 0) is 5.75 Å². The Kier molecular flexibility index (Phi) is 3.98. The highest BCUT2D eigenvalue weighted by Crippen LogP contribution is 2.28. The third-order valence-corrected chi connectivity index (χ3v) is 4.16. The van der Waals surface area contributed by atoms with E-state index < -0.39 is 17.6 Å². The second kappa shape index (κ2) is 5.49. The summed E-state index contributed by atoms with van der Waals surface area (Å²) in [5.41, 5.74) is -0.310. The van der Waals surface area contributed by atoms with E-state index in [1.807, 2.05) is 16.8 Å². The van der Waals surface area contributed by atoms with Crippen molar-refractivity contribution in [1.82, 2.24) is 0 Å². The maximum Gasteiger partial charge on any atom is 0.336 e. The van der Waals surface area contributed by atoms with Crippen molar-refractivity contribution in [2.24, 2.45) is 0 Å². The minimum Gasteiger partial charge on any atom is -0.478 e. The van der Waals surface area contributed by atoms with Crippen LogP contribution in [0.25, 0.3) is 0 Å². The predicted molar refractivity (Wildman–Crippen MR) is 67.2 cm³/mol. The number of halogens is 2. The predicted octanol–water partition coefficient (Wildman–Crippen LogP) is 4.02. The summed E-state index contributed by atoms with van der Waals surface area (Å²) in [6.07, 6.45) is 0. The van der Waals surface area contributed by atoms with Gasteiger partial charge in [0.05, 0.1) is 5.56 Å². The Bertz CT molecular complexity index is 568.